The predicted molar refractivity (Wildman–Crippen MR) is 100 cm³/mol. The largest absolute Gasteiger partial charge is 0.378 e. The van der Waals surface area contributed by atoms with Gasteiger partial charge in [0.15, 0.2) is 0 Å². The maximum absolute atomic E-state index is 15.3. The molecule has 3 heteroatoms. The van der Waals surface area contributed by atoms with Gasteiger partial charge in [0, 0.05) is 12.2 Å². The van der Waals surface area contributed by atoms with Crippen molar-refractivity contribution in [2.75, 3.05) is 6.61 Å². The molecular weight excluding hydrogens is 330 g/mol. The lowest BCUT2D eigenvalue weighted by atomic mass is 9.65. The quantitative estimate of drug-likeness (QED) is 0.624. The topological polar surface area (TPSA) is 9.23 Å². The van der Waals surface area contributed by atoms with Gasteiger partial charge in [0.2, 0.25) is 0 Å². The van der Waals surface area contributed by atoms with Gasteiger partial charge in [-0.25, -0.2) is 8.78 Å². The van der Waals surface area contributed by atoms with Crippen LogP contribution in [0.1, 0.15) is 81.4 Å². The first-order valence-electron chi connectivity index (χ1n) is 10.7. The molecule has 0 aliphatic heterocycles. The molecule has 5 atom stereocenters. The van der Waals surface area contributed by atoms with Gasteiger partial charge in [-0.2, -0.15) is 0 Å². The van der Waals surface area contributed by atoms with Gasteiger partial charge in [0.05, 0.1) is 6.10 Å². The zero-order valence-corrected chi connectivity index (χ0v) is 16.2. The van der Waals surface area contributed by atoms with Crippen LogP contribution in [0.3, 0.4) is 0 Å². The van der Waals surface area contributed by atoms with Crippen molar-refractivity contribution in [1.82, 2.24) is 0 Å². The minimum atomic E-state index is -0.290. The summed E-state index contributed by atoms with van der Waals surface area (Å²) in [6, 6.07) is 1.65. The molecule has 0 aromatic heterocycles. The van der Waals surface area contributed by atoms with Crippen LogP contribution in [0.15, 0.2) is 6.07 Å². The lowest BCUT2D eigenvalue weighted by Gasteiger charge is -2.42. The zero-order valence-electron chi connectivity index (χ0n) is 16.2. The Balaban J connectivity index is 1.53. The SMILES string of the molecule is CCOC1CCC2CC(c3c(F)cc4c(c3F)CCC(C)C4)CCC2C1. The normalized spacial score (nSPS) is 34.2. The van der Waals surface area contributed by atoms with Crippen molar-refractivity contribution in [3.8, 4) is 0 Å². The second kappa shape index (κ2) is 7.58. The predicted octanol–water partition coefficient (Wildman–Crippen LogP) is 6.18. The van der Waals surface area contributed by atoms with Crippen LogP contribution in [0, 0.1) is 29.4 Å². The lowest BCUT2D eigenvalue weighted by molar-refractivity contribution is -0.00984. The van der Waals surface area contributed by atoms with Crippen LogP contribution in [0.2, 0.25) is 0 Å². The summed E-state index contributed by atoms with van der Waals surface area (Å²) in [7, 11) is 0. The number of benzene rings is 1. The molecule has 1 aromatic carbocycles. The molecule has 144 valence electrons. The smallest absolute Gasteiger partial charge is 0.133 e. The van der Waals surface area contributed by atoms with Gasteiger partial charge >= 0.3 is 0 Å². The maximum Gasteiger partial charge on any atom is 0.133 e. The van der Waals surface area contributed by atoms with Gasteiger partial charge in [-0.1, -0.05) is 6.92 Å². The molecule has 0 spiro atoms. The van der Waals surface area contributed by atoms with Gasteiger partial charge < -0.3 is 4.74 Å². The van der Waals surface area contributed by atoms with E-state index in [4.69, 9.17) is 4.74 Å². The highest BCUT2D eigenvalue weighted by molar-refractivity contribution is 5.39. The van der Waals surface area contributed by atoms with Crippen LogP contribution in [-0.2, 0) is 17.6 Å². The fraction of sp³-hybridized carbons (Fsp3) is 0.739. The highest BCUT2D eigenvalue weighted by atomic mass is 19.1. The average Bonchev–Trinajstić information content (AvgIpc) is 2.61. The van der Waals surface area contributed by atoms with E-state index in [0.717, 1.165) is 75.5 Å². The van der Waals surface area contributed by atoms with Crippen molar-refractivity contribution in [2.24, 2.45) is 17.8 Å². The Morgan fingerprint density at radius 2 is 1.81 bits per heavy atom. The average molecular weight is 363 g/mol. The Hall–Kier alpha value is -0.960. The minimum Gasteiger partial charge on any atom is -0.378 e. The third-order valence-corrected chi connectivity index (χ3v) is 7.28. The molecule has 0 N–H and O–H groups in total. The molecule has 1 aromatic rings. The molecule has 0 heterocycles. The first-order chi connectivity index (χ1) is 12.6. The molecule has 3 aliphatic carbocycles. The summed E-state index contributed by atoms with van der Waals surface area (Å²) in [5, 5.41) is 0. The minimum absolute atomic E-state index is 0.0598. The van der Waals surface area contributed by atoms with E-state index >= 15 is 4.39 Å². The van der Waals surface area contributed by atoms with Crippen molar-refractivity contribution in [1.29, 1.82) is 0 Å². The summed E-state index contributed by atoms with van der Waals surface area (Å²) in [6.07, 6.45) is 9.36. The number of fused-ring (bicyclic) bond motifs is 2. The van der Waals surface area contributed by atoms with Gasteiger partial charge in [-0.3, -0.25) is 0 Å². The van der Waals surface area contributed by atoms with Crippen molar-refractivity contribution >= 4 is 0 Å². The fourth-order valence-corrected chi connectivity index (χ4v) is 5.92. The molecule has 2 fully saturated rings. The highest BCUT2D eigenvalue weighted by Gasteiger charge is 2.38. The zero-order chi connectivity index (χ0) is 18.3. The van der Waals surface area contributed by atoms with Gasteiger partial charge in [-0.05, 0) is 106 Å². The van der Waals surface area contributed by atoms with E-state index in [2.05, 4.69) is 13.8 Å². The van der Waals surface area contributed by atoms with Crippen LogP contribution in [0.25, 0.3) is 0 Å². The molecule has 26 heavy (non-hydrogen) atoms. The van der Waals surface area contributed by atoms with E-state index in [1.807, 2.05) is 0 Å². The molecule has 1 nitrogen and oxygen atoms in total. The number of hydrogen-bond acceptors (Lipinski definition) is 1. The number of hydrogen-bond donors (Lipinski definition) is 0. The second-order valence-electron chi connectivity index (χ2n) is 8.99. The van der Waals surface area contributed by atoms with Gasteiger partial charge in [0.1, 0.15) is 11.6 Å². The van der Waals surface area contributed by atoms with E-state index < -0.39 is 0 Å². The van der Waals surface area contributed by atoms with Gasteiger partial charge in [-0.15, -0.1) is 0 Å². The van der Waals surface area contributed by atoms with Gasteiger partial charge in [0.25, 0.3) is 0 Å². The first kappa shape index (κ1) is 18.4. The van der Waals surface area contributed by atoms with Crippen LogP contribution < -0.4 is 0 Å². The summed E-state index contributed by atoms with van der Waals surface area (Å²) < 4.78 is 36.0. The third-order valence-electron chi connectivity index (χ3n) is 7.28. The monoisotopic (exact) mass is 362 g/mol. The Morgan fingerprint density at radius 1 is 1.04 bits per heavy atom. The molecular formula is C23H32F2O. The molecule has 3 aliphatic rings. The molecule has 2 saturated carbocycles. The molecule has 0 saturated heterocycles. The number of rotatable bonds is 3. The summed E-state index contributed by atoms with van der Waals surface area (Å²) in [5.74, 6) is 1.38. The highest BCUT2D eigenvalue weighted by Crippen LogP contribution is 2.48. The first-order valence-corrected chi connectivity index (χ1v) is 10.7. The third kappa shape index (κ3) is 3.44. The van der Waals surface area contributed by atoms with Crippen LogP contribution in [-0.4, -0.2) is 12.7 Å². The second-order valence-corrected chi connectivity index (χ2v) is 8.99. The number of halogens is 2. The van der Waals surface area contributed by atoms with E-state index in [1.54, 1.807) is 6.07 Å². The van der Waals surface area contributed by atoms with Crippen molar-refractivity contribution in [3.63, 3.8) is 0 Å². The van der Waals surface area contributed by atoms with E-state index in [9.17, 15) is 4.39 Å². The Labute approximate surface area is 156 Å². The molecule has 0 bridgehead atoms. The molecule has 5 unspecified atom stereocenters. The lowest BCUT2D eigenvalue weighted by Crippen LogP contribution is -2.34. The molecule has 0 radical (unpaired) electrons. The Bertz CT molecular complexity index is 656. The van der Waals surface area contributed by atoms with E-state index in [0.29, 0.717) is 29.4 Å². The van der Waals surface area contributed by atoms with E-state index in [-0.39, 0.29) is 17.6 Å². The van der Waals surface area contributed by atoms with Crippen LogP contribution in [0.4, 0.5) is 8.78 Å². The fourth-order valence-electron chi connectivity index (χ4n) is 5.92. The van der Waals surface area contributed by atoms with Crippen molar-refractivity contribution in [3.05, 3.63) is 34.4 Å². The Kier molecular flexibility index (Phi) is 5.36. The molecule has 0 amide bonds. The van der Waals surface area contributed by atoms with Crippen LogP contribution >= 0.6 is 0 Å². The summed E-state index contributed by atoms with van der Waals surface area (Å²) >= 11 is 0. The summed E-state index contributed by atoms with van der Waals surface area (Å²) in [5.41, 5.74) is 2.12. The van der Waals surface area contributed by atoms with Crippen molar-refractivity contribution in [2.45, 2.75) is 83.7 Å². The summed E-state index contributed by atoms with van der Waals surface area (Å²) in [4.78, 5) is 0. The maximum atomic E-state index is 15.3. The van der Waals surface area contributed by atoms with Crippen molar-refractivity contribution < 1.29 is 13.5 Å². The van der Waals surface area contributed by atoms with E-state index in [1.165, 1.54) is 0 Å². The standard InChI is InChI=1S/C23H32F2O/c1-3-26-19-8-7-15-11-17(6-5-16(15)12-19)22-21(24)13-18-10-14(2)4-9-20(18)23(22)25/h13-17,19H,3-12H2,1-2H3. The molecule has 4 rings (SSSR count). The Morgan fingerprint density at radius 3 is 2.62 bits per heavy atom. The summed E-state index contributed by atoms with van der Waals surface area (Å²) in [6.45, 7) is 5.02. The number of ether oxygens (including phenoxy) is 1. The van der Waals surface area contributed by atoms with Crippen LogP contribution in [0.5, 0.6) is 0 Å².